The third-order valence-corrected chi connectivity index (χ3v) is 9.05. The van der Waals surface area contributed by atoms with Crippen molar-refractivity contribution < 1.29 is 43.3 Å². The number of ketones is 1. The van der Waals surface area contributed by atoms with Crippen molar-refractivity contribution in [2.45, 2.75) is 58.2 Å². The molecule has 0 radical (unpaired) electrons. The molecule has 0 bridgehead atoms. The lowest BCUT2D eigenvalue weighted by molar-refractivity contribution is -0.152. The fourth-order valence-electron chi connectivity index (χ4n) is 5.54. The van der Waals surface area contributed by atoms with E-state index in [4.69, 9.17) is 9.84 Å². The number of likely N-dealkylation sites (N-methyl/N-ethyl adjacent to an activating group) is 2. The van der Waals surface area contributed by atoms with Gasteiger partial charge in [-0.25, -0.2) is 4.79 Å². The molecule has 1 aliphatic heterocycles. The van der Waals surface area contributed by atoms with Crippen molar-refractivity contribution >= 4 is 35.4 Å². The van der Waals surface area contributed by atoms with Crippen LogP contribution in [0.4, 0.5) is 0 Å². The minimum absolute atomic E-state index is 0. The summed E-state index contributed by atoms with van der Waals surface area (Å²) in [6.45, 7) is 4.82. The largest absolute Gasteiger partial charge is 0.467 e. The molecule has 5 rings (SSSR count). The molecule has 3 atom stereocenters. The van der Waals surface area contributed by atoms with Gasteiger partial charge in [-0.3, -0.25) is 24.0 Å². The van der Waals surface area contributed by atoms with Crippen molar-refractivity contribution in [3.8, 4) is 22.3 Å². The number of nitrogens with one attached hydrogen (secondary N) is 4. The second-order valence-corrected chi connectivity index (χ2v) is 13.1. The first-order valence-electron chi connectivity index (χ1n) is 18.0. The molecular formula is C44H54N4O9. The molecular weight excluding hydrogens is 729 g/mol. The Hall–Kier alpha value is -6.18. The van der Waals surface area contributed by atoms with Crippen molar-refractivity contribution in [3.63, 3.8) is 0 Å². The van der Waals surface area contributed by atoms with E-state index >= 15 is 0 Å². The number of ether oxygens (including phenoxy) is 2. The Bertz CT molecular complexity index is 1760. The first-order valence-corrected chi connectivity index (χ1v) is 18.0. The van der Waals surface area contributed by atoms with E-state index in [1.165, 1.54) is 40.8 Å². The fourth-order valence-corrected chi connectivity index (χ4v) is 5.54. The number of hydrogen-bond donors (Lipinski definition) is 5. The molecule has 1 aliphatic rings. The molecule has 57 heavy (non-hydrogen) atoms. The Labute approximate surface area is 334 Å². The van der Waals surface area contributed by atoms with Crippen molar-refractivity contribution in [2.75, 3.05) is 34.4 Å². The molecule has 4 amide bonds. The highest BCUT2D eigenvalue weighted by Crippen LogP contribution is 2.21. The van der Waals surface area contributed by atoms with Gasteiger partial charge in [0.2, 0.25) is 5.54 Å². The lowest BCUT2D eigenvalue weighted by Gasteiger charge is -2.26. The van der Waals surface area contributed by atoms with Gasteiger partial charge in [0.25, 0.3) is 23.6 Å². The minimum Gasteiger partial charge on any atom is -0.467 e. The number of rotatable bonds is 11. The summed E-state index contributed by atoms with van der Waals surface area (Å²) in [7, 11) is 3.89. The Morgan fingerprint density at radius 1 is 0.667 bits per heavy atom. The van der Waals surface area contributed by atoms with Crippen molar-refractivity contribution in [3.05, 3.63) is 120 Å². The first-order chi connectivity index (χ1) is 26.7. The highest BCUT2D eigenvalue weighted by Gasteiger charge is 2.44. The minimum atomic E-state index is -1.83. The lowest BCUT2D eigenvalue weighted by atomic mass is 9.94. The SMILES string of the molecule is C.CC1CCCO1.CNC(=O)C(C)(NC(=O)c1ccc(-c2ccccc2)cc1)C(=O)CO.CNC(=O)C(C)(NC(=O)c1ccc(-c2ccccc2)cc1)C(=O)OC. The molecule has 0 aromatic heterocycles. The van der Waals surface area contributed by atoms with Crippen molar-refractivity contribution in [2.24, 2.45) is 0 Å². The summed E-state index contributed by atoms with van der Waals surface area (Å²) in [5.41, 5.74) is 0.938. The molecule has 13 heteroatoms. The maximum atomic E-state index is 12.4. The normalized spacial score (nSPS) is 14.8. The van der Waals surface area contributed by atoms with Gasteiger partial charge in [0, 0.05) is 31.8 Å². The number of aliphatic hydroxyl groups excluding tert-OH is 1. The zero-order valence-electron chi connectivity index (χ0n) is 32.5. The molecule has 0 aliphatic carbocycles. The zero-order valence-corrected chi connectivity index (χ0v) is 32.5. The maximum Gasteiger partial charge on any atom is 0.341 e. The van der Waals surface area contributed by atoms with Gasteiger partial charge in [0.1, 0.15) is 6.61 Å². The van der Waals surface area contributed by atoms with E-state index in [2.05, 4.69) is 32.9 Å². The van der Waals surface area contributed by atoms with Crippen LogP contribution >= 0.6 is 0 Å². The average Bonchev–Trinajstić information content (AvgIpc) is 3.73. The second-order valence-electron chi connectivity index (χ2n) is 13.1. The predicted molar refractivity (Wildman–Crippen MR) is 219 cm³/mol. The Kier molecular flexibility index (Phi) is 18.5. The molecule has 1 saturated heterocycles. The number of hydrogen-bond acceptors (Lipinski definition) is 9. The van der Waals surface area contributed by atoms with Crippen LogP contribution in [0.3, 0.4) is 0 Å². The van der Waals surface area contributed by atoms with Crippen LogP contribution in [-0.4, -0.2) is 92.1 Å². The predicted octanol–water partition coefficient (Wildman–Crippen LogP) is 4.73. The van der Waals surface area contributed by atoms with Gasteiger partial charge in [-0.15, -0.1) is 0 Å². The maximum absolute atomic E-state index is 12.4. The molecule has 13 nitrogen and oxygen atoms in total. The lowest BCUT2D eigenvalue weighted by Crippen LogP contribution is -2.62. The van der Waals surface area contributed by atoms with Crippen LogP contribution in [0.25, 0.3) is 22.3 Å². The highest BCUT2D eigenvalue weighted by molar-refractivity contribution is 6.14. The fraction of sp³-hybridized carbons (Fsp3) is 0.318. The van der Waals surface area contributed by atoms with Crippen LogP contribution in [0.2, 0.25) is 0 Å². The second kappa shape index (κ2) is 22.4. The summed E-state index contributed by atoms with van der Waals surface area (Å²) in [6.07, 6.45) is 3.08. The number of benzene rings is 4. The van der Waals surface area contributed by atoms with Gasteiger partial charge >= 0.3 is 5.97 Å². The Morgan fingerprint density at radius 2 is 1.05 bits per heavy atom. The van der Waals surface area contributed by atoms with Gasteiger partial charge in [-0.1, -0.05) is 92.4 Å². The Balaban J connectivity index is 0.000000337. The average molecular weight is 783 g/mol. The third-order valence-electron chi connectivity index (χ3n) is 9.05. The first kappa shape index (κ1) is 47.0. The molecule has 5 N–H and O–H groups in total. The van der Waals surface area contributed by atoms with E-state index in [9.17, 15) is 28.8 Å². The number of Topliss-reactive ketones (excluding diaryl/α,β-unsaturated/α-hetero) is 1. The summed E-state index contributed by atoms with van der Waals surface area (Å²) in [4.78, 5) is 72.7. The van der Waals surface area contributed by atoms with Gasteiger partial charge in [0.05, 0.1) is 13.2 Å². The monoisotopic (exact) mass is 782 g/mol. The molecule has 0 saturated carbocycles. The molecule has 3 unspecified atom stereocenters. The van der Waals surface area contributed by atoms with E-state index < -0.39 is 53.1 Å². The van der Waals surface area contributed by atoms with Gasteiger partial charge in [0.15, 0.2) is 11.3 Å². The summed E-state index contributed by atoms with van der Waals surface area (Å²) in [5.74, 6) is -4.11. The Morgan fingerprint density at radius 3 is 1.37 bits per heavy atom. The van der Waals surface area contributed by atoms with Crippen LogP contribution in [0.15, 0.2) is 109 Å². The van der Waals surface area contributed by atoms with E-state index in [1.807, 2.05) is 60.7 Å². The summed E-state index contributed by atoms with van der Waals surface area (Å²) in [6, 6.07) is 33.1. The molecule has 1 heterocycles. The summed E-state index contributed by atoms with van der Waals surface area (Å²) >= 11 is 0. The van der Waals surface area contributed by atoms with E-state index in [0.717, 1.165) is 36.0 Å². The van der Waals surface area contributed by atoms with Crippen molar-refractivity contribution in [1.29, 1.82) is 0 Å². The van der Waals surface area contributed by atoms with E-state index in [0.29, 0.717) is 17.2 Å². The van der Waals surface area contributed by atoms with Gasteiger partial charge in [-0.2, -0.15) is 0 Å². The van der Waals surface area contributed by atoms with Gasteiger partial charge in [-0.05, 0) is 80.1 Å². The number of aliphatic hydroxyl groups is 1. The topological polar surface area (TPSA) is 189 Å². The van der Waals surface area contributed by atoms with Crippen molar-refractivity contribution in [1.82, 2.24) is 21.3 Å². The summed E-state index contributed by atoms with van der Waals surface area (Å²) in [5, 5.41) is 18.6. The smallest absolute Gasteiger partial charge is 0.341 e. The number of amides is 4. The number of carbonyl (C=O) groups excluding carboxylic acids is 6. The van der Waals surface area contributed by atoms with Crippen LogP contribution in [-0.2, 0) is 28.7 Å². The molecule has 1 fully saturated rings. The van der Waals surface area contributed by atoms with Gasteiger partial charge < -0.3 is 35.8 Å². The van der Waals surface area contributed by atoms with E-state index in [1.54, 1.807) is 48.5 Å². The molecule has 4 aromatic rings. The van der Waals surface area contributed by atoms with Crippen LogP contribution in [0.1, 0.15) is 61.8 Å². The third kappa shape index (κ3) is 12.7. The highest BCUT2D eigenvalue weighted by atomic mass is 16.5. The molecule has 304 valence electrons. The summed E-state index contributed by atoms with van der Waals surface area (Å²) < 4.78 is 9.79. The molecule has 0 spiro atoms. The molecule has 4 aromatic carbocycles. The number of esters is 1. The van der Waals surface area contributed by atoms with Crippen LogP contribution in [0, 0.1) is 0 Å². The number of methoxy groups -OCH3 is 1. The van der Waals surface area contributed by atoms with Crippen LogP contribution in [0.5, 0.6) is 0 Å². The zero-order chi connectivity index (χ0) is 41.3. The standard InChI is InChI=1S/2C19H20N2O4.C5H10O.CH4/c1-19(17(23)20-2,18(24)25-3)21-16(22)15-11-9-14(10-12-15)13-7-5-4-6-8-13;1-19(16(23)12-22,18(25)20-2)21-17(24)15-10-8-14(9-11-15)13-6-4-3-5-7-13;1-5-3-2-4-6-5;/h4-12H,1-3H3,(H,20,23)(H,21,22);3-11,22H,12H2,1-2H3,(H,20,25)(H,21,24);5H,2-4H2,1H3;1H4. The number of carbonyl (C=O) groups is 6. The van der Waals surface area contributed by atoms with Crippen LogP contribution < -0.4 is 21.3 Å². The van der Waals surface area contributed by atoms with E-state index in [-0.39, 0.29) is 7.43 Å². The quantitative estimate of drug-likeness (QED) is 0.106.